The van der Waals surface area contributed by atoms with E-state index in [0.717, 1.165) is 22.7 Å². The fraction of sp³-hybridized carbons (Fsp3) is 0.211. The molecule has 1 aliphatic heterocycles. The Morgan fingerprint density at radius 2 is 1.85 bits per heavy atom. The summed E-state index contributed by atoms with van der Waals surface area (Å²) < 4.78 is 16.5. The van der Waals surface area contributed by atoms with E-state index in [2.05, 4.69) is 25.8 Å². The van der Waals surface area contributed by atoms with Crippen LogP contribution in [0.25, 0.3) is 0 Å². The molecule has 0 saturated carbocycles. The van der Waals surface area contributed by atoms with Crippen LogP contribution >= 0.6 is 0 Å². The van der Waals surface area contributed by atoms with Gasteiger partial charge in [0.05, 0.1) is 19.0 Å². The summed E-state index contributed by atoms with van der Waals surface area (Å²) in [5, 5.41) is 14.4. The predicted molar refractivity (Wildman–Crippen MR) is 102 cm³/mol. The first-order valence-electron chi connectivity index (χ1n) is 8.49. The number of aryl methyl sites for hydroxylation is 1. The number of fused-ring (bicyclic) bond motifs is 1. The lowest BCUT2D eigenvalue weighted by Gasteiger charge is -2.19. The van der Waals surface area contributed by atoms with Crippen molar-refractivity contribution in [2.24, 2.45) is 0 Å². The van der Waals surface area contributed by atoms with Crippen LogP contribution in [0.3, 0.4) is 0 Å². The van der Waals surface area contributed by atoms with Crippen molar-refractivity contribution in [1.82, 2.24) is 15.2 Å². The zero-order valence-corrected chi connectivity index (χ0v) is 15.0. The molecule has 4 rings (SSSR count). The summed E-state index contributed by atoms with van der Waals surface area (Å²) in [6.07, 6.45) is 1.55. The summed E-state index contributed by atoms with van der Waals surface area (Å²) in [4.78, 5) is 4.46. The standard InChI is InChI=1S/C19H19N5O3/c1-12-3-5-15(25-2)14(9-12)22-19-23-18(11-20-24-19)21-13-4-6-16-17(10-13)27-8-7-26-16/h3-6,9-11H,7-8H2,1-2H3,(H2,21,22,23,24). The molecule has 0 bridgehead atoms. The number of benzene rings is 2. The number of hydrogen-bond acceptors (Lipinski definition) is 8. The molecule has 0 fully saturated rings. The maximum Gasteiger partial charge on any atom is 0.249 e. The summed E-state index contributed by atoms with van der Waals surface area (Å²) in [6.45, 7) is 3.11. The van der Waals surface area contributed by atoms with Gasteiger partial charge in [-0.15, -0.1) is 5.10 Å². The molecule has 27 heavy (non-hydrogen) atoms. The lowest BCUT2D eigenvalue weighted by molar-refractivity contribution is 0.171. The van der Waals surface area contributed by atoms with Gasteiger partial charge in [-0.05, 0) is 36.8 Å². The van der Waals surface area contributed by atoms with Crippen LogP contribution in [0.1, 0.15) is 5.56 Å². The molecule has 0 spiro atoms. The van der Waals surface area contributed by atoms with E-state index in [1.165, 1.54) is 0 Å². The van der Waals surface area contributed by atoms with Crippen LogP contribution in [0, 0.1) is 6.92 Å². The zero-order valence-electron chi connectivity index (χ0n) is 15.0. The Balaban J connectivity index is 1.54. The normalized spacial score (nSPS) is 12.4. The third-order valence-electron chi connectivity index (χ3n) is 3.97. The first-order chi connectivity index (χ1) is 13.2. The van der Waals surface area contributed by atoms with E-state index in [9.17, 15) is 0 Å². The van der Waals surface area contributed by atoms with Gasteiger partial charge in [-0.1, -0.05) is 6.07 Å². The lowest BCUT2D eigenvalue weighted by Crippen LogP contribution is -2.15. The summed E-state index contributed by atoms with van der Waals surface area (Å²) in [6, 6.07) is 11.5. The molecule has 2 N–H and O–H groups in total. The SMILES string of the molecule is COc1ccc(C)cc1Nc1nncc(Nc2ccc3c(c2)OCCO3)n1. The molecule has 8 heteroatoms. The van der Waals surface area contributed by atoms with Crippen molar-refractivity contribution >= 4 is 23.1 Å². The molecule has 0 saturated heterocycles. The monoisotopic (exact) mass is 365 g/mol. The second-order valence-electron chi connectivity index (χ2n) is 5.98. The number of anilines is 4. The van der Waals surface area contributed by atoms with Gasteiger partial charge in [0.15, 0.2) is 17.3 Å². The highest BCUT2D eigenvalue weighted by molar-refractivity contribution is 5.65. The summed E-state index contributed by atoms with van der Waals surface area (Å²) >= 11 is 0. The van der Waals surface area contributed by atoms with Crippen molar-refractivity contribution in [3.63, 3.8) is 0 Å². The van der Waals surface area contributed by atoms with Crippen LogP contribution in [0.4, 0.5) is 23.1 Å². The molecule has 8 nitrogen and oxygen atoms in total. The van der Waals surface area contributed by atoms with Gasteiger partial charge in [-0.2, -0.15) is 10.1 Å². The molecule has 138 valence electrons. The Hall–Kier alpha value is -3.55. The van der Waals surface area contributed by atoms with E-state index in [0.29, 0.717) is 36.5 Å². The zero-order chi connectivity index (χ0) is 18.6. The van der Waals surface area contributed by atoms with E-state index in [1.807, 2.05) is 43.3 Å². The average Bonchev–Trinajstić information content (AvgIpc) is 2.68. The minimum Gasteiger partial charge on any atom is -0.495 e. The Morgan fingerprint density at radius 1 is 1.00 bits per heavy atom. The lowest BCUT2D eigenvalue weighted by atomic mass is 10.2. The van der Waals surface area contributed by atoms with Crippen molar-refractivity contribution in [3.8, 4) is 17.2 Å². The van der Waals surface area contributed by atoms with Crippen LogP contribution in [0.5, 0.6) is 17.2 Å². The predicted octanol–water partition coefficient (Wildman–Crippen LogP) is 3.45. The van der Waals surface area contributed by atoms with Crippen LogP contribution in [0.15, 0.2) is 42.6 Å². The van der Waals surface area contributed by atoms with Gasteiger partial charge < -0.3 is 24.8 Å². The second-order valence-corrected chi connectivity index (χ2v) is 5.98. The molecule has 1 aromatic heterocycles. The van der Waals surface area contributed by atoms with Gasteiger partial charge in [0.2, 0.25) is 5.95 Å². The molecule has 1 aliphatic rings. The van der Waals surface area contributed by atoms with Gasteiger partial charge in [0.1, 0.15) is 19.0 Å². The summed E-state index contributed by atoms with van der Waals surface area (Å²) in [5.41, 5.74) is 2.69. The van der Waals surface area contributed by atoms with Crippen molar-refractivity contribution < 1.29 is 14.2 Å². The number of rotatable bonds is 5. The number of methoxy groups -OCH3 is 1. The maximum atomic E-state index is 5.60. The van der Waals surface area contributed by atoms with E-state index in [4.69, 9.17) is 14.2 Å². The first-order valence-corrected chi connectivity index (χ1v) is 8.49. The van der Waals surface area contributed by atoms with Gasteiger partial charge >= 0.3 is 0 Å². The maximum absolute atomic E-state index is 5.60. The van der Waals surface area contributed by atoms with E-state index in [1.54, 1.807) is 13.3 Å². The van der Waals surface area contributed by atoms with E-state index < -0.39 is 0 Å². The molecule has 0 unspecified atom stereocenters. The quantitative estimate of drug-likeness (QED) is 0.710. The Morgan fingerprint density at radius 3 is 2.70 bits per heavy atom. The molecule has 2 aromatic carbocycles. The van der Waals surface area contributed by atoms with Crippen LogP contribution in [0.2, 0.25) is 0 Å². The average molecular weight is 365 g/mol. The molecule has 2 heterocycles. The molecule has 0 atom stereocenters. The van der Waals surface area contributed by atoms with Crippen molar-refractivity contribution in [2.45, 2.75) is 6.92 Å². The second kappa shape index (κ2) is 7.36. The number of nitrogens with zero attached hydrogens (tertiary/aromatic N) is 3. The number of hydrogen-bond donors (Lipinski definition) is 2. The molecular weight excluding hydrogens is 346 g/mol. The molecular formula is C19H19N5O3. The fourth-order valence-electron chi connectivity index (χ4n) is 2.73. The van der Waals surface area contributed by atoms with Crippen LogP contribution in [-0.2, 0) is 0 Å². The highest BCUT2D eigenvalue weighted by Gasteiger charge is 2.12. The van der Waals surface area contributed by atoms with E-state index in [-0.39, 0.29) is 0 Å². The number of ether oxygens (including phenoxy) is 3. The summed E-state index contributed by atoms with van der Waals surface area (Å²) in [5.74, 6) is 3.06. The fourth-order valence-corrected chi connectivity index (χ4v) is 2.73. The van der Waals surface area contributed by atoms with Crippen molar-refractivity contribution in [3.05, 3.63) is 48.2 Å². The smallest absolute Gasteiger partial charge is 0.249 e. The Labute approximate surface area is 156 Å². The molecule has 3 aromatic rings. The molecule has 0 aliphatic carbocycles. The highest BCUT2D eigenvalue weighted by Crippen LogP contribution is 2.33. The van der Waals surface area contributed by atoms with E-state index >= 15 is 0 Å². The minimum atomic E-state index is 0.362. The van der Waals surface area contributed by atoms with Crippen LogP contribution < -0.4 is 24.8 Å². The van der Waals surface area contributed by atoms with Crippen LogP contribution in [-0.4, -0.2) is 35.5 Å². The first kappa shape index (κ1) is 16.9. The van der Waals surface area contributed by atoms with Gasteiger partial charge in [0, 0.05) is 11.8 Å². The topological polar surface area (TPSA) is 90.4 Å². The van der Waals surface area contributed by atoms with Gasteiger partial charge in [0.25, 0.3) is 0 Å². The third-order valence-corrected chi connectivity index (χ3v) is 3.97. The minimum absolute atomic E-state index is 0.362. The number of nitrogens with one attached hydrogen (secondary N) is 2. The summed E-state index contributed by atoms with van der Waals surface area (Å²) in [7, 11) is 1.62. The molecule has 0 radical (unpaired) electrons. The van der Waals surface area contributed by atoms with Crippen molar-refractivity contribution in [2.75, 3.05) is 31.0 Å². The van der Waals surface area contributed by atoms with Crippen molar-refractivity contribution in [1.29, 1.82) is 0 Å². The number of aromatic nitrogens is 3. The Bertz CT molecular complexity index is 964. The Kier molecular flexibility index (Phi) is 4.61. The van der Waals surface area contributed by atoms with Gasteiger partial charge in [-0.3, -0.25) is 0 Å². The third kappa shape index (κ3) is 3.84. The largest absolute Gasteiger partial charge is 0.495 e. The van der Waals surface area contributed by atoms with Gasteiger partial charge in [-0.25, -0.2) is 0 Å². The highest BCUT2D eigenvalue weighted by atomic mass is 16.6. The molecule has 0 amide bonds.